The number of carbonyl (C=O) groups excluding carboxylic acids is 1. The molecule has 2 aliphatic carbocycles. The fourth-order valence-electron chi connectivity index (χ4n) is 8.78. The second kappa shape index (κ2) is 20.3. The highest BCUT2D eigenvalue weighted by Gasteiger charge is 2.65. The number of amides is 2. The van der Waals surface area contributed by atoms with Crippen LogP contribution in [0, 0.1) is 17.8 Å². The lowest BCUT2D eigenvalue weighted by atomic mass is 9.55. The van der Waals surface area contributed by atoms with Gasteiger partial charge in [0.1, 0.15) is 24.1 Å². The number of oxime groups is 1. The number of allylic oxidation sites excluding steroid dienone is 1. The smallest absolute Gasteiger partial charge is 0.317 e. The highest BCUT2D eigenvalue weighted by atomic mass is 16.8. The molecule has 11 nitrogen and oxygen atoms in total. The lowest BCUT2D eigenvalue weighted by Crippen LogP contribution is -2.70. The number of urea groups is 1. The first kappa shape index (κ1) is 40.8. The predicted molar refractivity (Wildman–Crippen MR) is 206 cm³/mol. The molecule has 1 aromatic rings. The number of nitrogens with one attached hydrogen (secondary N) is 1. The summed E-state index contributed by atoms with van der Waals surface area (Å²) in [7, 11) is 0. The highest BCUT2D eigenvalue weighted by Crippen LogP contribution is 2.62. The van der Waals surface area contributed by atoms with E-state index in [1.165, 1.54) is 0 Å². The number of benzene rings is 1. The number of rotatable bonds is 21. The summed E-state index contributed by atoms with van der Waals surface area (Å²) in [5, 5.41) is 27.7. The van der Waals surface area contributed by atoms with Crippen molar-refractivity contribution in [2.75, 3.05) is 46.1 Å². The Morgan fingerprint density at radius 2 is 1.87 bits per heavy atom. The quantitative estimate of drug-likeness (QED) is 0.0684. The largest absolute Gasteiger partial charge is 0.490 e. The van der Waals surface area contributed by atoms with Gasteiger partial charge in [0.2, 0.25) is 12.1 Å². The molecule has 5 rings (SSSR count). The summed E-state index contributed by atoms with van der Waals surface area (Å²) in [6.07, 6.45) is 14.9. The van der Waals surface area contributed by atoms with Crippen LogP contribution in [-0.4, -0.2) is 91.1 Å². The number of carbonyl (C=O) groups is 1. The molecule has 7 atom stereocenters. The minimum absolute atomic E-state index is 0.116. The molecule has 2 fully saturated rings. The summed E-state index contributed by atoms with van der Waals surface area (Å²) in [5.74, 6) is -0.0743. The second-order valence-corrected chi connectivity index (χ2v) is 14.7. The van der Waals surface area contributed by atoms with Crippen LogP contribution in [0.4, 0.5) is 4.79 Å². The molecule has 1 saturated heterocycles. The molecule has 0 aromatic heterocycles. The van der Waals surface area contributed by atoms with Crippen molar-refractivity contribution < 1.29 is 38.8 Å². The monoisotopic (exact) mass is 737 g/mol. The number of unbranched alkanes of at least 4 members (excludes halogenated alkanes) is 2. The Balaban J connectivity index is 1.76. The number of aliphatic hydroxyl groups is 2. The Morgan fingerprint density at radius 1 is 1.08 bits per heavy atom. The van der Waals surface area contributed by atoms with Crippen LogP contribution in [0.1, 0.15) is 102 Å². The Kier molecular flexibility index (Phi) is 15.7. The Bertz CT molecular complexity index is 1410. The van der Waals surface area contributed by atoms with E-state index in [2.05, 4.69) is 37.5 Å². The third kappa shape index (κ3) is 9.47. The highest BCUT2D eigenvalue weighted by molar-refractivity contribution is 6.03. The van der Waals surface area contributed by atoms with Crippen LogP contribution in [0.15, 0.2) is 60.3 Å². The maximum atomic E-state index is 14.2. The molecule has 2 heterocycles. The minimum Gasteiger partial charge on any atom is -0.490 e. The number of ether oxygens (including phenoxy) is 4. The van der Waals surface area contributed by atoms with E-state index in [1.807, 2.05) is 24.0 Å². The van der Waals surface area contributed by atoms with E-state index >= 15 is 0 Å². The molecule has 0 spiro atoms. The fourth-order valence-corrected chi connectivity index (χ4v) is 8.78. The zero-order valence-electron chi connectivity index (χ0n) is 32.0. The normalized spacial score (nSPS) is 28.2. The molecule has 0 radical (unpaired) electrons. The van der Waals surface area contributed by atoms with Gasteiger partial charge in [-0.25, -0.2) is 4.79 Å². The molecule has 2 amide bonds. The first-order chi connectivity index (χ1) is 26.0. The number of aliphatic hydroxyl groups excluding tert-OH is 2. The van der Waals surface area contributed by atoms with Gasteiger partial charge in [0, 0.05) is 50.6 Å². The maximum absolute atomic E-state index is 14.2. The van der Waals surface area contributed by atoms with Crippen LogP contribution in [0.5, 0.6) is 11.5 Å². The molecule has 1 saturated carbocycles. The van der Waals surface area contributed by atoms with Crippen molar-refractivity contribution in [2.24, 2.45) is 22.9 Å². The van der Waals surface area contributed by atoms with Gasteiger partial charge in [-0.3, -0.25) is 0 Å². The van der Waals surface area contributed by atoms with Gasteiger partial charge >= 0.3 is 6.03 Å². The van der Waals surface area contributed by atoms with Gasteiger partial charge < -0.3 is 44.2 Å². The van der Waals surface area contributed by atoms with Gasteiger partial charge in [-0.05, 0) is 87.0 Å². The first-order valence-electron chi connectivity index (χ1n) is 20.1. The lowest BCUT2D eigenvalue weighted by Gasteiger charge is -2.60. The summed E-state index contributed by atoms with van der Waals surface area (Å²) in [5.41, 5.74) is 2.80. The van der Waals surface area contributed by atoms with E-state index < -0.39 is 18.1 Å². The number of nitrogens with zero attached hydrogens (tertiary/aromatic N) is 2. The summed E-state index contributed by atoms with van der Waals surface area (Å²) in [6.45, 7) is 14.5. The van der Waals surface area contributed by atoms with E-state index in [4.69, 9.17) is 28.9 Å². The van der Waals surface area contributed by atoms with E-state index in [9.17, 15) is 15.0 Å². The number of hydrogen-bond acceptors (Lipinski definition) is 9. The number of fused-ring (bicyclic) bond motifs is 2. The van der Waals surface area contributed by atoms with Crippen LogP contribution < -0.4 is 14.8 Å². The summed E-state index contributed by atoms with van der Waals surface area (Å²) in [4.78, 5) is 22.3. The molecule has 53 heavy (non-hydrogen) atoms. The predicted octanol–water partition coefficient (Wildman–Crippen LogP) is 7.24. The van der Waals surface area contributed by atoms with Crippen molar-refractivity contribution in [2.45, 2.75) is 115 Å². The average Bonchev–Trinajstić information content (AvgIpc) is 3.18. The Hall–Kier alpha value is -3.38. The molecule has 0 bridgehead atoms. The summed E-state index contributed by atoms with van der Waals surface area (Å²) in [6, 6.07) is 5.26. The summed E-state index contributed by atoms with van der Waals surface area (Å²) >= 11 is 0. The molecule has 2 aliphatic heterocycles. The van der Waals surface area contributed by atoms with Gasteiger partial charge in [0.05, 0.1) is 24.8 Å². The van der Waals surface area contributed by atoms with Crippen LogP contribution in [-0.2, 0) is 14.3 Å². The Labute approximate surface area is 316 Å². The zero-order chi connectivity index (χ0) is 37.6. The molecule has 4 aliphatic rings. The molecule has 3 N–H and O–H groups in total. The van der Waals surface area contributed by atoms with Crippen molar-refractivity contribution in [3.05, 3.63) is 60.7 Å². The van der Waals surface area contributed by atoms with Gasteiger partial charge in [0.25, 0.3) is 0 Å². The van der Waals surface area contributed by atoms with Gasteiger partial charge in [-0.15, -0.1) is 6.58 Å². The third-order valence-corrected chi connectivity index (χ3v) is 11.1. The number of hydrogen-bond donors (Lipinski definition) is 3. The first-order valence-corrected chi connectivity index (χ1v) is 20.1. The lowest BCUT2D eigenvalue weighted by molar-refractivity contribution is -0.254. The van der Waals surface area contributed by atoms with Crippen LogP contribution in [0.3, 0.4) is 0 Å². The topological polar surface area (TPSA) is 131 Å². The molecular formula is C42H63N3O8. The van der Waals surface area contributed by atoms with E-state index in [1.54, 1.807) is 12.2 Å². The van der Waals surface area contributed by atoms with Crippen molar-refractivity contribution in [3.8, 4) is 11.5 Å². The van der Waals surface area contributed by atoms with Crippen LogP contribution in [0.2, 0.25) is 0 Å². The Morgan fingerprint density at radius 3 is 2.57 bits per heavy atom. The minimum atomic E-state index is -1.29. The third-order valence-electron chi connectivity index (χ3n) is 11.1. The second-order valence-electron chi connectivity index (χ2n) is 14.7. The van der Waals surface area contributed by atoms with Crippen molar-refractivity contribution in [3.63, 3.8) is 0 Å². The van der Waals surface area contributed by atoms with Gasteiger partial charge in [0.15, 0.2) is 0 Å². The van der Waals surface area contributed by atoms with Crippen molar-refractivity contribution in [1.82, 2.24) is 10.2 Å². The standard InChI is InChI=1S/C42H63N3O8/c1-5-20-43-41(48)45(21-6-2)37-29-35(44-53-38-17-11-14-26-50-38)33-27-30(15-9-12-22-46)32(16-10-13-23-47)39-34-28-31(49-24-7-3)18-19-36(34)52-42(37,40(33)39)51-25-8-4/h7-8,18-19,27-28,30,32,37-40,46-47H,3-6,9-17,20-26,29H2,1-2H3,(H,43,48). The maximum Gasteiger partial charge on any atom is 0.317 e. The fraction of sp³-hybridized carbons (Fsp3) is 0.667. The van der Waals surface area contributed by atoms with E-state index in [-0.39, 0.29) is 49.5 Å². The molecule has 11 heteroatoms. The molecule has 1 aromatic carbocycles. The summed E-state index contributed by atoms with van der Waals surface area (Å²) < 4.78 is 26.3. The van der Waals surface area contributed by atoms with E-state index in [0.717, 1.165) is 80.4 Å². The molecular weight excluding hydrogens is 674 g/mol. The van der Waals surface area contributed by atoms with Gasteiger partial charge in [-0.2, -0.15) is 0 Å². The molecule has 7 unspecified atom stereocenters. The van der Waals surface area contributed by atoms with Crippen molar-refractivity contribution >= 4 is 11.7 Å². The van der Waals surface area contributed by atoms with Crippen LogP contribution in [0.25, 0.3) is 0 Å². The zero-order valence-corrected chi connectivity index (χ0v) is 32.0. The van der Waals surface area contributed by atoms with Crippen molar-refractivity contribution in [1.29, 1.82) is 0 Å². The van der Waals surface area contributed by atoms with E-state index in [0.29, 0.717) is 51.3 Å². The molecule has 294 valence electrons. The van der Waals surface area contributed by atoms with Gasteiger partial charge in [-0.1, -0.05) is 56.7 Å². The van der Waals surface area contributed by atoms with Crippen LogP contribution >= 0.6 is 0 Å². The average molecular weight is 738 g/mol. The SMILES string of the molecule is C=CCOc1ccc2c(c1)C1C(CCCCO)C(CCCCO)C=C3C(=NOC4CCCCO4)CC(N(CCC)C(=O)NCCC)C(OCC=C)(O2)C31.